The SMILES string of the molecule is Cc1ccc(C(=O)NC2CC2)cc1NC(=O)c1cnc(NCc2ccccn2)s1. The van der Waals surface area contributed by atoms with E-state index in [1.54, 1.807) is 24.5 Å². The zero-order chi connectivity index (χ0) is 20.2. The second-order valence-corrected chi connectivity index (χ2v) is 7.97. The van der Waals surface area contributed by atoms with Crippen molar-refractivity contribution >= 4 is 34.0 Å². The first-order valence-corrected chi connectivity index (χ1v) is 10.2. The van der Waals surface area contributed by atoms with Crippen LogP contribution < -0.4 is 16.0 Å². The smallest absolute Gasteiger partial charge is 0.267 e. The highest BCUT2D eigenvalue weighted by molar-refractivity contribution is 7.17. The van der Waals surface area contributed by atoms with Gasteiger partial charge in [-0.3, -0.25) is 14.6 Å². The number of carbonyl (C=O) groups excluding carboxylic acids is 2. The Kier molecular flexibility index (Phi) is 5.53. The molecule has 0 saturated heterocycles. The fourth-order valence-corrected chi connectivity index (χ4v) is 3.42. The maximum absolute atomic E-state index is 12.6. The summed E-state index contributed by atoms with van der Waals surface area (Å²) < 4.78 is 0. The Labute approximate surface area is 172 Å². The molecule has 0 unspecified atom stereocenters. The van der Waals surface area contributed by atoms with Gasteiger partial charge in [0, 0.05) is 23.5 Å². The third kappa shape index (κ3) is 4.97. The van der Waals surface area contributed by atoms with Gasteiger partial charge in [-0.1, -0.05) is 23.5 Å². The molecule has 2 heterocycles. The van der Waals surface area contributed by atoms with Crippen LogP contribution in [0.25, 0.3) is 0 Å². The average Bonchev–Trinajstić information content (AvgIpc) is 3.41. The van der Waals surface area contributed by atoms with Crippen molar-refractivity contribution in [2.24, 2.45) is 0 Å². The summed E-state index contributed by atoms with van der Waals surface area (Å²) in [5.41, 5.74) is 2.94. The molecule has 3 aromatic rings. The van der Waals surface area contributed by atoms with E-state index in [9.17, 15) is 9.59 Å². The van der Waals surface area contributed by atoms with Gasteiger partial charge in [-0.2, -0.15) is 0 Å². The highest BCUT2D eigenvalue weighted by Gasteiger charge is 2.24. The molecule has 0 radical (unpaired) electrons. The molecule has 3 N–H and O–H groups in total. The van der Waals surface area contributed by atoms with Crippen molar-refractivity contribution in [2.75, 3.05) is 10.6 Å². The third-order valence-electron chi connectivity index (χ3n) is 4.54. The van der Waals surface area contributed by atoms with Crippen molar-refractivity contribution in [1.82, 2.24) is 15.3 Å². The molecule has 2 aromatic heterocycles. The van der Waals surface area contributed by atoms with Gasteiger partial charge in [0.25, 0.3) is 11.8 Å². The van der Waals surface area contributed by atoms with E-state index in [2.05, 4.69) is 25.9 Å². The summed E-state index contributed by atoms with van der Waals surface area (Å²) in [6, 6.07) is 11.3. The molecular formula is C21H21N5O2S. The average molecular weight is 407 g/mol. The number of hydrogen-bond donors (Lipinski definition) is 3. The number of pyridine rings is 1. The van der Waals surface area contributed by atoms with Gasteiger partial charge in [0.15, 0.2) is 5.13 Å². The van der Waals surface area contributed by atoms with Crippen molar-refractivity contribution < 1.29 is 9.59 Å². The molecule has 1 aliphatic rings. The van der Waals surface area contributed by atoms with Crippen molar-refractivity contribution in [1.29, 1.82) is 0 Å². The molecule has 1 fully saturated rings. The second-order valence-electron chi connectivity index (χ2n) is 6.94. The molecule has 1 aromatic carbocycles. The maximum atomic E-state index is 12.6. The van der Waals surface area contributed by atoms with E-state index in [1.807, 2.05) is 31.2 Å². The zero-order valence-electron chi connectivity index (χ0n) is 15.9. The van der Waals surface area contributed by atoms with Crippen LogP contribution in [0.1, 0.15) is 44.1 Å². The molecule has 1 aliphatic carbocycles. The quantitative estimate of drug-likeness (QED) is 0.556. The first-order chi connectivity index (χ1) is 14.1. The van der Waals surface area contributed by atoms with Gasteiger partial charge in [-0.15, -0.1) is 0 Å². The summed E-state index contributed by atoms with van der Waals surface area (Å²) in [5, 5.41) is 9.67. The molecule has 29 heavy (non-hydrogen) atoms. The molecule has 148 valence electrons. The molecule has 4 rings (SSSR count). The van der Waals surface area contributed by atoms with E-state index in [4.69, 9.17) is 0 Å². The number of hydrogen-bond acceptors (Lipinski definition) is 6. The van der Waals surface area contributed by atoms with Gasteiger partial charge in [0.1, 0.15) is 4.88 Å². The molecule has 2 amide bonds. The number of aromatic nitrogens is 2. The lowest BCUT2D eigenvalue weighted by Crippen LogP contribution is -2.25. The number of nitrogens with one attached hydrogen (secondary N) is 3. The van der Waals surface area contributed by atoms with Gasteiger partial charge < -0.3 is 16.0 Å². The fourth-order valence-electron chi connectivity index (χ4n) is 2.71. The highest BCUT2D eigenvalue weighted by atomic mass is 32.1. The number of anilines is 2. The van der Waals surface area contributed by atoms with Crippen LogP contribution in [0.5, 0.6) is 0 Å². The largest absolute Gasteiger partial charge is 0.356 e. The number of amides is 2. The Morgan fingerprint density at radius 2 is 2.00 bits per heavy atom. The van der Waals surface area contributed by atoms with Gasteiger partial charge >= 0.3 is 0 Å². The van der Waals surface area contributed by atoms with E-state index in [0.717, 1.165) is 24.1 Å². The number of carbonyl (C=O) groups is 2. The Morgan fingerprint density at radius 3 is 2.76 bits per heavy atom. The van der Waals surface area contributed by atoms with Gasteiger partial charge in [-0.25, -0.2) is 4.98 Å². The summed E-state index contributed by atoms with van der Waals surface area (Å²) in [4.78, 5) is 33.9. The Morgan fingerprint density at radius 1 is 1.14 bits per heavy atom. The van der Waals surface area contributed by atoms with E-state index >= 15 is 0 Å². The number of thiazole rings is 1. The molecule has 8 heteroatoms. The van der Waals surface area contributed by atoms with Crippen LogP contribution in [0.2, 0.25) is 0 Å². The highest BCUT2D eigenvalue weighted by Crippen LogP contribution is 2.23. The van der Waals surface area contributed by atoms with Crippen LogP contribution in [-0.2, 0) is 6.54 Å². The van der Waals surface area contributed by atoms with Crippen molar-refractivity contribution in [3.8, 4) is 0 Å². The van der Waals surface area contributed by atoms with Gasteiger partial charge in [0.05, 0.1) is 18.4 Å². The lowest BCUT2D eigenvalue weighted by Gasteiger charge is -2.10. The summed E-state index contributed by atoms with van der Waals surface area (Å²) in [6.45, 7) is 2.43. The number of aryl methyl sites for hydroxylation is 1. The van der Waals surface area contributed by atoms with Crippen LogP contribution in [-0.4, -0.2) is 27.8 Å². The summed E-state index contributed by atoms with van der Waals surface area (Å²) in [6.07, 6.45) is 5.34. The van der Waals surface area contributed by atoms with Crippen molar-refractivity contribution in [3.05, 3.63) is 70.5 Å². The van der Waals surface area contributed by atoms with E-state index in [1.165, 1.54) is 11.3 Å². The standard InChI is InChI=1S/C21H21N5O2S/c1-13-5-6-14(19(27)25-15-7-8-15)10-17(13)26-20(28)18-12-24-21(29-18)23-11-16-4-2-3-9-22-16/h2-6,9-10,12,15H,7-8,11H2,1H3,(H,23,24)(H,25,27)(H,26,28). The normalized spacial score (nSPS) is 13.0. The van der Waals surface area contributed by atoms with Crippen LogP contribution in [0.4, 0.5) is 10.8 Å². The molecule has 7 nitrogen and oxygen atoms in total. The number of benzene rings is 1. The second kappa shape index (κ2) is 8.40. The molecular weight excluding hydrogens is 386 g/mol. The first kappa shape index (κ1) is 19.1. The van der Waals surface area contributed by atoms with Crippen LogP contribution >= 0.6 is 11.3 Å². The third-order valence-corrected chi connectivity index (χ3v) is 5.49. The summed E-state index contributed by atoms with van der Waals surface area (Å²) in [7, 11) is 0. The Balaban J connectivity index is 1.40. The number of nitrogens with zero attached hydrogens (tertiary/aromatic N) is 2. The van der Waals surface area contributed by atoms with Gasteiger partial charge in [0.2, 0.25) is 0 Å². The zero-order valence-corrected chi connectivity index (χ0v) is 16.8. The van der Waals surface area contributed by atoms with E-state index < -0.39 is 0 Å². The van der Waals surface area contributed by atoms with E-state index in [0.29, 0.717) is 27.8 Å². The molecule has 0 atom stereocenters. The summed E-state index contributed by atoms with van der Waals surface area (Å²) >= 11 is 1.27. The predicted octanol–water partition coefficient (Wildman–Crippen LogP) is 3.60. The van der Waals surface area contributed by atoms with Crippen molar-refractivity contribution in [3.63, 3.8) is 0 Å². The first-order valence-electron chi connectivity index (χ1n) is 9.41. The predicted molar refractivity (Wildman–Crippen MR) is 113 cm³/mol. The minimum Gasteiger partial charge on any atom is -0.356 e. The molecule has 1 saturated carbocycles. The Bertz CT molecular complexity index is 1030. The summed E-state index contributed by atoms with van der Waals surface area (Å²) in [5.74, 6) is -0.363. The molecule has 0 bridgehead atoms. The minimum atomic E-state index is -0.253. The Hall–Kier alpha value is -3.26. The molecule has 0 spiro atoms. The van der Waals surface area contributed by atoms with Crippen molar-refractivity contribution in [2.45, 2.75) is 32.4 Å². The minimum absolute atomic E-state index is 0.109. The number of rotatable bonds is 7. The monoisotopic (exact) mass is 407 g/mol. The maximum Gasteiger partial charge on any atom is 0.267 e. The van der Waals surface area contributed by atoms with E-state index in [-0.39, 0.29) is 17.9 Å². The van der Waals surface area contributed by atoms with Gasteiger partial charge in [-0.05, 0) is 49.6 Å². The van der Waals surface area contributed by atoms with Crippen LogP contribution in [0.3, 0.4) is 0 Å². The lowest BCUT2D eigenvalue weighted by molar-refractivity contribution is 0.0949. The fraction of sp³-hybridized carbons (Fsp3) is 0.238. The van der Waals surface area contributed by atoms with Crippen LogP contribution in [0.15, 0.2) is 48.8 Å². The van der Waals surface area contributed by atoms with Crippen LogP contribution in [0, 0.1) is 6.92 Å². The lowest BCUT2D eigenvalue weighted by atomic mass is 10.1. The topological polar surface area (TPSA) is 96.0 Å². The molecule has 0 aliphatic heterocycles.